The summed E-state index contributed by atoms with van der Waals surface area (Å²) in [6.07, 6.45) is -0.805. The Morgan fingerprint density at radius 3 is 1.88 bits per heavy atom. The van der Waals surface area contributed by atoms with Gasteiger partial charge in [-0.05, 0) is 17.2 Å². The minimum atomic E-state index is -0.805. The van der Waals surface area contributed by atoms with Gasteiger partial charge in [0, 0.05) is 12.1 Å². The maximum absolute atomic E-state index is 10.3. The van der Waals surface area contributed by atoms with Gasteiger partial charge in [0.25, 0.3) is 0 Å². The van der Waals surface area contributed by atoms with Crippen LogP contribution in [0.25, 0.3) is 0 Å². The monoisotopic (exact) mass is 349 g/mol. The summed E-state index contributed by atoms with van der Waals surface area (Å²) in [6, 6.07) is 25.3. The topological polar surface area (TPSA) is 64.7 Å². The Bertz CT molecular complexity index is 806. The van der Waals surface area contributed by atoms with Crippen molar-refractivity contribution in [1.82, 2.24) is 0 Å². The molecule has 0 aliphatic heterocycles. The molecule has 0 aromatic heterocycles. The number of benzene rings is 3. The van der Waals surface area contributed by atoms with Crippen molar-refractivity contribution >= 4 is 0 Å². The fraction of sp³-hybridized carbons (Fsp3) is 0.182. The van der Waals surface area contributed by atoms with Gasteiger partial charge in [-0.15, -0.1) is 0 Å². The van der Waals surface area contributed by atoms with Crippen LogP contribution in [-0.4, -0.2) is 11.7 Å². The summed E-state index contributed by atoms with van der Waals surface area (Å²) in [5.41, 5.74) is 8.38. The highest BCUT2D eigenvalue weighted by molar-refractivity contribution is 5.48. The van der Waals surface area contributed by atoms with Gasteiger partial charge < -0.3 is 20.3 Å². The van der Waals surface area contributed by atoms with E-state index in [0.29, 0.717) is 30.3 Å². The van der Waals surface area contributed by atoms with Crippen molar-refractivity contribution in [2.24, 2.45) is 5.73 Å². The van der Waals surface area contributed by atoms with Crippen LogP contribution in [-0.2, 0) is 13.2 Å². The van der Waals surface area contributed by atoms with E-state index in [2.05, 4.69) is 0 Å². The Balaban J connectivity index is 1.82. The first-order valence-electron chi connectivity index (χ1n) is 8.62. The molecule has 0 aliphatic rings. The third kappa shape index (κ3) is 4.63. The largest absolute Gasteiger partial charge is 0.485 e. The van der Waals surface area contributed by atoms with Crippen LogP contribution in [0, 0.1) is 0 Å². The van der Waals surface area contributed by atoms with Gasteiger partial charge in [0.15, 0.2) is 11.5 Å². The zero-order valence-corrected chi connectivity index (χ0v) is 14.5. The van der Waals surface area contributed by atoms with E-state index >= 15 is 0 Å². The van der Waals surface area contributed by atoms with Crippen LogP contribution in [0.4, 0.5) is 0 Å². The summed E-state index contributed by atoms with van der Waals surface area (Å²) < 4.78 is 12.0. The molecule has 0 fully saturated rings. The minimum Gasteiger partial charge on any atom is -0.485 e. The van der Waals surface area contributed by atoms with Gasteiger partial charge in [-0.1, -0.05) is 72.8 Å². The van der Waals surface area contributed by atoms with Crippen LogP contribution in [0.3, 0.4) is 0 Å². The lowest BCUT2D eigenvalue weighted by Crippen LogP contribution is -2.13. The first-order chi connectivity index (χ1) is 12.8. The first-order valence-corrected chi connectivity index (χ1v) is 8.62. The molecule has 4 nitrogen and oxygen atoms in total. The highest BCUT2D eigenvalue weighted by Crippen LogP contribution is 2.36. The molecule has 26 heavy (non-hydrogen) atoms. The van der Waals surface area contributed by atoms with Gasteiger partial charge in [-0.2, -0.15) is 0 Å². The highest BCUT2D eigenvalue weighted by Gasteiger charge is 2.17. The lowest BCUT2D eigenvalue weighted by Gasteiger charge is -2.19. The predicted molar refractivity (Wildman–Crippen MR) is 102 cm³/mol. The van der Waals surface area contributed by atoms with Gasteiger partial charge >= 0.3 is 0 Å². The third-order valence-corrected chi connectivity index (χ3v) is 4.05. The lowest BCUT2D eigenvalue weighted by atomic mass is 10.1. The molecule has 3 N–H and O–H groups in total. The van der Waals surface area contributed by atoms with E-state index in [1.165, 1.54) is 0 Å². The van der Waals surface area contributed by atoms with Crippen molar-refractivity contribution in [2.45, 2.75) is 19.3 Å². The molecule has 134 valence electrons. The lowest BCUT2D eigenvalue weighted by molar-refractivity contribution is 0.175. The van der Waals surface area contributed by atoms with Crippen molar-refractivity contribution in [3.05, 3.63) is 95.6 Å². The Hall–Kier alpha value is -2.82. The standard InChI is InChI=1S/C22H23NO3/c23-14-20(24)19-12-7-13-21(25-15-17-8-3-1-4-9-17)22(19)26-16-18-10-5-2-6-11-18/h1-13,20,24H,14-16,23H2. The number of ether oxygens (including phenoxy) is 2. The van der Waals surface area contributed by atoms with E-state index in [9.17, 15) is 5.11 Å². The van der Waals surface area contributed by atoms with E-state index in [1.807, 2.05) is 78.9 Å². The molecule has 1 unspecified atom stereocenters. The van der Waals surface area contributed by atoms with E-state index < -0.39 is 6.10 Å². The first kappa shape index (κ1) is 18.0. The van der Waals surface area contributed by atoms with Crippen molar-refractivity contribution < 1.29 is 14.6 Å². The van der Waals surface area contributed by atoms with Crippen molar-refractivity contribution in [2.75, 3.05) is 6.54 Å². The zero-order chi connectivity index (χ0) is 18.2. The second-order valence-corrected chi connectivity index (χ2v) is 5.97. The number of hydrogen-bond acceptors (Lipinski definition) is 4. The Kier molecular flexibility index (Phi) is 6.25. The summed E-state index contributed by atoms with van der Waals surface area (Å²) in [7, 11) is 0. The summed E-state index contributed by atoms with van der Waals surface area (Å²) >= 11 is 0. The number of aliphatic hydroxyl groups is 1. The van der Waals surface area contributed by atoms with Gasteiger partial charge in [0.1, 0.15) is 13.2 Å². The minimum absolute atomic E-state index is 0.115. The molecule has 4 heteroatoms. The summed E-state index contributed by atoms with van der Waals surface area (Å²) in [6.45, 7) is 0.922. The fourth-order valence-corrected chi connectivity index (χ4v) is 2.66. The van der Waals surface area contributed by atoms with Gasteiger partial charge in [-0.3, -0.25) is 0 Å². The number of hydrogen-bond donors (Lipinski definition) is 2. The molecule has 3 aromatic rings. The van der Waals surface area contributed by atoms with Crippen molar-refractivity contribution in [3.63, 3.8) is 0 Å². The maximum Gasteiger partial charge on any atom is 0.167 e. The van der Waals surface area contributed by atoms with Crippen LogP contribution < -0.4 is 15.2 Å². The van der Waals surface area contributed by atoms with Crippen molar-refractivity contribution in [3.8, 4) is 11.5 Å². The van der Waals surface area contributed by atoms with Crippen LogP contribution in [0.2, 0.25) is 0 Å². The number of nitrogens with two attached hydrogens (primary N) is 1. The molecule has 0 saturated heterocycles. The van der Waals surface area contributed by atoms with E-state index in [4.69, 9.17) is 15.2 Å². The highest BCUT2D eigenvalue weighted by atomic mass is 16.5. The second kappa shape index (κ2) is 9.04. The summed E-state index contributed by atoms with van der Waals surface area (Å²) in [4.78, 5) is 0. The molecule has 0 spiro atoms. The Labute approximate surface area is 153 Å². The predicted octanol–water partition coefficient (Wildman–Crippen LogP) is 3.84. The third-order valence-electron chi connectivity index (χ3n) is 4.05. The molecule has 1 atom stereocenters. The molecule has 0 saturated carbocycles. The van der Waals surface area contributed by atoms with Crippen LogP contribution in [0.1, 0.15) is 22.8 Å². The van der Waals surface area contributed by atoms with E-state index in [1.54, 1.807) is 0 Å². The molecule has 0 heterocycles. The SMILES string of the molecule is NCC(O)c1cccc(OCc2ccccc2)c1OCc1ccccc1. The normalized spacial score (nSPS) is 11.8. The molecule has 0 bridgehead atoms. The fourth-order valence-electron chi connectivity index (χ4n) is 2.66. The van der Waals surface area contributed by atoms with E-state index in [0.717, 1.165) is 11.1 Å². The summed E-state index contributed by atoms with van der Waals surface area (Å²) in [5.74, 6) is 1.13. The number of rotatable bonds is 8. The van der Waals surface area contributed by atoms with E-state index in [-0.39, 0.29) is 6.54 Å². The smallest absolute Gasteiger partial charge is 0.167 e. The molecule has 0 aliphatic carbocycles. The maximum atomic E-state index is 10.3. The number of aliphatic hydroxyl groups excluding tert-OH is 1. The Morgan fingerprint density at radius 1 is 0.731 bits per heavy atom. The average molecular weight is 349 g/mol. The second-order valence-electron chi connectivity index (χ2n) is 5.97. The van der Waals surface area contributed by atoms with Gasteiger partial charge in [0.05, 0.1) is 6.10 Å². The van der Waals surface area contributed by atoms with Gasteiger partial charge in [-0.25, -0.2) is 0 Å². The molecular weight excluding hydrogens is 326 g/mol. The van der Waals surface area contributed by atoms with Crippen LogP contribution in [0.5, 0.6) is 11.5 Å². The quantitative estimate of drug-likeness (QED) is 0.648. The molecular formula is C22H23NO3. The van der Waals surface area contributed by atoms with Gasteiger partial charge in [0.2, 0.25) is 0 Å². The molecule has 0 amide bonds. The van der Waals surface area contributed by atoms with Crippen LogP contribution in [0.15, 0.2) is 78.9 Å². The molecule has 3 rings (SSSR count). The van der Waals surface area contributed by atoms with Crippen molar-refractivity contribution in [1.29, 1.82) is 0 Å². The van der Waals surface area contributed by atoms with Crippen LogP contribution >= 0.6 is 0 Å². The average Bonchev–Trinajstić information content (AvgIpc) is 2.71. The Morgan fingerprint density at radius 2 is 1.31 bits per heavy atom. The molecule has 0 radical (unpaired) electrons. The molecule has 3 aromatic carbocycles. The zero-order valence-electron chi connectivity index (χ0n) is 14.5. The number of para-hydroxylation sites is 1. The summed E-state index contributed by atoms with van der Waals surface area (Å²) in [5, 5.41) is 10.3.